The molecule has 0 saturated heterocycles. The maximum Gasteiger partial charge on any atom is 0.328 e. The van der Waals surface area contributed by atoms with Crippen LogP contribution < -0.4 is 25.6 Å². The van der Waals surface area contributed by atoms with Gasteiger partial charge in [0.05, 0.1) is 18.2 Å². The minimum absolute atomic E-state index is 0.107. The van der Waals surface area contributed by atoms with Crippen molar-refractivity contribution in [3.05, 3.63) is 72.8 Å². The van der Waals surface area contributed by atoms with Crippen LogP contribution in [0.1, 0.15) is 11.5 Å². The second-order valence-electron chi connectivity index (χ2n) is 8.07. The van der Waals surface area contributed by atoms with Crippen LogP contribution in [0.25, 0.3) is 0 Å². The van der Waals surface area contributed by atoms with Crippen LogP contribution in [0.3, 0.4) is 0 Å². The third kappa shape index (κ3) is 4.67. The van der Waals surface area contributed by atoms with Crippen LogP contribution in [0.5, 0.6) is 5.75 Å². The molecule has 0 aromatic heterocycles. The minimum Gasteiger partial charge on any atom is -0.478 e. The van der Waals surface area contributed by atoms with Gasteiger partial charge in [-0.1, -0.05) is 24.8 Å². The van der Waals surface area contributed by atoms with Crippen molar-refractivity contribution in [1.29, 1.82) is 0 Å². The summed E-state index contributed by atoms with van der Waals surface area (Å²) in [6.45, 7) is 3.45. The molecular formula is C25H22N4O7. The maximum atomic E-state index is 13.2. The van der Waals surface area contributed by atoms with Gasteiger partial charge in [-0.15, -0.1) is 0 Å². The number of benzene rings is 2. The normalized spacial score (nSPS) is 18.1. The van der Waals surface area contributed by atoms with Gasteiger partial charge in [0.25, 0.3) is 11.8 Å². The Hall–Kier alpha value is -4.93. The summed E-state index contributed by atoms with van der Waals surface area (Å²) in [6, 6.07) is 11.6. The van der Waals surface area contributed by atoms with Crippen molar-refractivity contribution in [3.8, 4) is 5.75 Å². The number of nitrogens with one attached hydrogen (secondary N) is 1. The Morgan fingerprint density at radius 3 is 2.42 bits per heavy atom. The molecule has 2 aromatic carbocycles. The fourth-order valence-corrected chi connectivity index (χ4v) is 4.13. The van der Waals surface area contributed by atoms with E-state index < -0.39 is 29.8 Å². The van der Waals surface area contributed by atoms with Gasteiger partial charge in [-0.25, -0.2) is 4.79 Å². The number of carboxylic acids is 1. The molecule has 184 valence electrons. The van der Waals surface area contributed by atoms with Gasteiger partial charge < -0.3 is 30.7 Å². The number of hydrogen-bond donors (Lipinski definition) is 3. The van der Waals surface area contributed by atoms with Gasteiger partial charge in [0.2, 0.25) is 11.8 Å². The smallest absolute Gasteiger partial charge is 0.328 e. The van der Waals surface area contributed by atoms with Crippen LogP contribution in [0, 0.1) is 0 Å². The van der Waals surface area contributed by atoms with E-state index in [0.29, 0.717) is 23.0 Å². The highest BCUT2D eigenvalue weighted by molar-refractivity contribution is 6.08. The summed E-state index contributed by atoms with van der Waals surface area (Å²) in [5.41, 5.74) is 7.30. The number of fused-ring (bicyclic) bond motifs is 2. The average Bonchev–Trinajstić information content (AvgIpc) is 3.25. The zero-order chi connectivity index (χ0) is 26.0. The van der Waals surface area contributed by atoms with E-state index in [-0.39, 0.29) is 36.3 Å². The molecular weight excluding hydrogens is 468 g/mol. The average molecular weight is 490 g/mol. The Morgan fingerprint density at radius 1 is 1.00 bits per heavy atom. The number of primary amides is 1. The van der Waals surface area contributed by atoms with E-state index in [4.69, 9.17) is 15.6 Å². The first-order chi connectivity index (χ1) is 17.2. The molecule has 0 radical (unpaired) electrons. The first-order valence-corrected chi connectivity index (χ1v) is 10.9. The fraction of sp³-hybridized carbons (Fsp3) is 0.160. The van der Waals surface area contributed by atoms with Gasteiger partial charge in [-0.3, -0.25) is 19.2 Å². The minimum atomic E-state index is -1.30. The van der Waals surface area contributed by atoms with Crippen molar-refractivity contribution in [2.75, 3.05) is 28.2 Å². The van der Waals surface area contributed by atoms with Crippen LogP contribution in [-0.2, 0) is 24.0 Å². The Bertz CT molecular complexity index is 1320. The summed E-state index contributed by atoms with van der Waals surface area (Å²) in [5, 5.41) is 11.6. The van der Waals surface area contributed by atoms with Crippen LogP contribution in [0.2, 0.25) is 0 Å². The summed E-state index contributed by atoms with van der Waals surface area (Å²) in [4.78, 5) is 63.2. The van der Waals surface area contributed by atoms with E-state index in [9.17, 15) is 24.0 Å². The quantitative estimate of drug-likeness (QED) is 0.512. The number of aliphatic carboxylic acids is 1. The predicted molar refractivity (Wildman–Crippen MR) is 130 cm³/mol. The molecule has 2 aliphatic heterocycles. The van der Waals surface area contributed by atoms with E-state index in [1.165, 1.54) is 28.0 Å². The third-order valence-electron chi connectivity index (χ3n) is 5.81. The van der Waals surface area contributed by atoms with Gasteiger partial charge in [0.15, 0.2) is 6.10 Å². The predicted octanol–water partition coefficient (Wildman–Crippen LogP) is 1.16. The third-order valence-corrected chi connectivity index (χ3v) is 5.81. The Kier molecular flexibility index (Phi) is 6.55. The summed E-state index contributed by atoms with van der Waals surface area (Å²) in [6.07, 6.45) is 1.56. The van der Waals surface area contributed by atoms with Crippen molar-refractivity contribution in [2.24, 2.45) is 5.73 Å². The molecule has 0 fully saturated rings. The Morgan fingerprint density at radius 2 is 1.72 bits per heavy atom. The zero-order valence-electron chi connectivity index (χ0n) is 18.9. The topological polar surface area (TPSA) is 159 Å². The fourth-order valence-electron chi connectivity index (χ4n) is 4.13. The lowest BCUT2D eigenvalue weighted by Crippen LogP contribution is -2.49. The molecule has 4 amide bonds. The Labute approximate surface area is 205 Å². The van der Waals surface area contributed by atoms with Gasteiger partial charge in [0.1, 0.15) is 5.75 Å². The van der Waals surface area contributed by atoms with Crippen molar-refractivity contribution in [2.45, 2.75) is 12.0 Å². The van der Waals surface area contributed by atoms with Crippen LogP contribution in [-0.4, -0.2) is 53.9 Å². The molecule has 4 N–H and O–H groups in total. The van der Waals surface area contributed by atoms with Crippen molar-refractivity contribution in [3.63, 3.8) is 0 Å². The van der Waals surface area contributed by atoms with Gasteiger partial charge >= 0.3 is 5.97 Å². The standard InChI is InChI=1S/C25H22N4O7/c1-2-21(30)28-12-16(15-5-3-4-6-17(15)28)25(35)27-14-7-8-18-19(11-14)36-20(24(26)34)13-29(18)22(31)9-10-23(32)33/h2-11,16,20H,1,12-13H2,(H2,26,34)(H,27,35)(H,32,33)/b10-9-. The number of para-hydroxylation sites is 1. The van der Waals surface area contributed by atoms with Crippen molar-refractivity contribution >= 4 is 46.7 Å². The number of anilines is 3. The SMILES string of the molecule is C=CC(=O)N1CC(C(=O)Nc2ccc3c(c2)OC(C(N)=O)CN3C(=O)/C=C\C(=O)O)c2ccccc21. The number of carboxylic acid groups (broad SMARTS) is 1. The van der Waals surface area contributed by atoms with Crippen LogP contribution >= 0.6 is 0 Å². The molecule has 11 nitrogen and oxygen atoms in total. The van der Waals surface area contributed by atoms with Crippen molar-refractivity contribution in [1.82, 2.24) is 0 Å². The lowest BCUT2D eigenvalue weighted by atomic mass is 10.0. The molecule has 2 atom stereocenters. The molecule has 2 unspecified atom stereocenters. The number of nitrogens with zero attached hydrogens (tertiary/aromatic N) is 2. The Balaban J connectivity index is 1.59. The van der Waals surface area contributed by atoms with Gasteiger partial charge in [0, 0.05) is 36.1 Å². The molecule has 2 heterocycles. The molecule has 2 aliphatic rings. The number of hydrogen-bond acceptors (Lipinski definition) is 6. The molecule has 0 spiro atoms. The molecule has 36 heavy (non-hydrogen) atoms. The molecule has 0 saturated carbocycles. The summed E-state index contributed by atoms with van der Waals surface area (Å²) in [7, 11) is 0. The highest BCUT2D eigenvalue weighted by atomic mass is 16.5. The number of nitrogens with two attached hydrogens (primary N) is 1. The highest BCUT2D eigenvalue weighted by Gasteiger charge is 2.36. The molecule has 2 aromatic rings. The van der Waals surface area contributed by atoms with E-state index in [2.05, 4.69) is 11.9 Å². The second kappa shape index (κ2) is 9.74. The van der Waals surface area contributed by atoms with Gasteiger partial charge in [-0.2, -0.15) is 0 Å². The largest absolute Gasteiger partial charge is 0.478 e. The first-order valence-electron chi connectivity index (χ1n) is 10.9. The number of rotatable bonds is 6. The molecule has 0 bridgehead atoms. The summed E-state index contributed by atoms with van der Waals surface area (Å²) >= 11 is 0. The molecule has 11 heteroatoms. The van der Waals surface area contributed by atoms with Crippen LogP contribution in [0.15, 0.2) is 67.3 Å². The molecule has 4 rings (SSSR count). The summed E-state index contributed by atoms with van der Waals surface area (Å²) in [5.74, 6) is -4.03. The monoisotopic (exact) mass is 490 g/mol. The van der Waals surface area contributed by atoms with Crippen LogP contribution in [0.4, 0.5) is 17.1 Å². The second-order valence-corrected chi connectivity index (χ2v) is 8.07. The van der Waals surface area contributed by atoms with Crippen molar-refractivity contribution < 1.29 is 33.8 Å². The highest BCUT2D eigenvalue weighted by Crippen LogP contribution is 2.39. The lowest BCUT2D eigenvalue weighted by Gasteiger charge is -2.33. The van der Waals surface area contributed by atoms with E-state index >= 15 is 0 Å². The van der Waals surface area contributed by atoms with Gasteiger partial charge in [-0.05, 0) is 29.8 Å². The number of carbonyl (C=O) groups excluding carboxylic acids is 4. The van der Waals surface area contributed by atoms with E-state index in [0.717, 1.165) is 6.08 Å². The first kappa shape index (κ1) is 24.2. The van der Waals surface area contributed by atoms with E-state index in [1.807, 2.05) is 0 Å². The zero-order valence-corrected chi connectivity index (χ0v) is 18.9. The summed E-state index contributed by atoms with van der Waals surface area (Å²) < 4.78 is 5.64. The molecule has 0 aliphatic carbocycles. The number of ether oxygens (including phenoxy) is 1. The van der Waals surface area contributed by atoms with E-state index in [1.54, 1.807) is 30.3 Å². The number of carbonyl (C=O) groups is 5. The number of amides is 4. The maximum absolute atomic E-state index is 13.2. The lowest BCUT2D eigenvalue weighted by molar-refractivity contribution is -0.132.